The number of rotatable bonds is 3. The Labute approximate surface area is 150 Å². The summed E-state index contributed by atoms with van der Waals surface area (Å²) in [5, 5.41) is 2.41. The maximum absolute atomic E-state index is 13.1. The van der Waals surface area contributed by atoms with Crippen molar-refractivity contribution in [1.82, 2.24) is 9.55 Å². The first-order chi connectivity index (χ1) is 12.2. The smallest absolute Gasteiger partial charge is 0.321 e. The van der Waals surface area contributed by atoms with Crippen LogP contribution in [0, 0.1) is 6.92 Å². The van der Waals surface area contributed by atoms with E-state index >= 15 is 0 Å². The number of nitrogens with zero attached hydrogens (tertiary/aromatic N) is 2. The Morgan fingerprint density at radius 2 is 2.00 bits per heavy atom. The predicted molar refractivity (Wildman–Crippen MR) is 93.7 cm³/mol. The lowest BCUT2D eigenvalue weighted by Gasteiger charge is -2.13. The van der Waals surface area contributed by atoms with Crippen LogP contribution in [0.5, 0.6) is 0 Å². The summed E-state index contributed by atoms with van der Waals surface area (Å²) in [6.45, 7) is 3.76. The van der Waals surface area contributed by atoms with Crippen LogP contribution in [0.25, 0.3) is 10.2 Å². The number of amides is 1. The number of fused-ring (bicyclic) bond motifs is 1. The average Bonchev–Trinajstić information content (AvgIpc) is 2.91. The Bertz CT molecular complexity index is 1050. The summed E-state index contributed by atoms with van der Waals surface area (Å²) >= 11 is 1.15. The normalized spacial score (nSPS) is 11.7. The van der Waals surface area contributed by atoms with Crippen molar-refractivity contribution in [1.29, 1.82) is 0 Å². The molecule has 0 bridgehead atoms. The van der Waals surface area contributed by atoms with Crippen molar-refractivity contribution in [3.8, 4) is 0 Å². The molecule has 1 amide bonds. The standard InChI is InChI=1S/C17H14F3N3O2S/c1-3-23-8-21-15-13(16(23)25)12(9(2)26-15)14(24)22-11-7-5-4-6-10(11)17(18,19)20/h4-8H,3H2,1-2H3,(H,22,24). The number of hydrogen-bond donors (Lipinski definition) is 1. The number of hydrogen-bond acceptors (Lipinski definition) is 4. The molecule has 0 saturated carbocycles. The third kappa shape index (κ3) is 3.10. The fraction of sp³-hybridized carbons (Fsp3) is 0.235. The van der Waals surface area contributed by atoms with Crippen molar-refractivity contribution in [2.45, 2.75) is 26.6 Å². The fourth-order valence-electron chi connectivity index (χ4n) is 2.66. The third-order valence-electron chi connectivity index (χ3n) is 3.90. The van der Waals surface area contributed by atoms with E-state index < -0.39 is 23.2 Å². The monoisotopic (exact) mass is 381 g/mol. The molecular weight excluding hydrogens is 367 g/mol. The first kappa shape index (κ1) is 18.1. The molecule has 3 aromatic rings. The van der Waals surface area contributed by atoms with Gasteiger partial charge in [0.05, 0.1) is 28.5 Å². The fourth-order valence-corrected chi connectivity index (χ4v) is 3.64. The molecule has 1 N–H and O–H groups in total. The van der Waals surface area contributed by atoms with Gasteiger partial charge in [0, 0.05) is 11.4 Å². The molecule has 0 spiro atoms. The number of alkyl halides is 3. The van der Waals surface area contributed by atoms with Crippen LogP contribution in [0.2, 0.25) is 0 Å². The van der Waals surface area contributed by atoms with Crippen LogP contribution < -0.4 is 10.9 Å². The minimum absolute atomic E-state index is 0.0577. The maximum Gasteiger partial charge on any atom is 0.418 e. The number of para-hydroxylation sites is 1. The Morgan fingerprint density at radius 3 is 2.65 bits per heavy atom. The van der Waals surface area contributed by atoms with Gasteiger partial charge in [-0.05, 0) is 26.0 Å². The van der Waals surface area contributed by atoms with E-state index in [2.05, 4.69) is 10.3 Å². The molecule has 0 aliphatic carbocycles. The molecule has 0 unspecified atom stereocenters. The molecule has 5 nitrogen and oxygen atoms in total. The van der Waals surface area contributed by atoms with E-state index in [1.54, 1.807) is 13.8 Å². The highest BCUT2D eigenvalue weighted by molar-refractivity contribution is 7.19. The quantitative estimate of drug-likeness (QED) is 0.744. The van der Waals surface area contributed by atoms with Gasteiger partial charge in [0.1, 0.15) is 4.83 Å². The second-order valence-electron chi connectivity index (χ2n) is 5.55. The average molecular weight is 381 g/mol. The molecular formula is C17H14F3N3O2S. The van der Waals surface area contributed by atoms with Crippen molar-refractivity contribution >= 4 is 33.1 Å². The molecule has 2 heterocycles. The number of halogens is 3. The molecule has 0 radical (unpaired) electrons. The highest BCUT2D eigenvalue weighted by Crippen LogP contribution is 2.35. The Balaban J connectivity index is 2.10. The largest absolute Gasteiger partial charge is 0.418 e. The summed E-state index contributed by atoms with van der Waals surface area (Å²) in [5.41, 5.74) is -1.64. The highest BCUT2D eigenvalue weighted by atomic mass is 32.1. The second-order valence-corrected chi connectivity index (χ2v) is 6.75. The SMILES string of the molecule is CCn1cnc2sc(C)c(C(=O)Nc3ccccc3C(F)(F)F)c2c1=O. The van der Waals surface area contributed by atoms with Gasteiger partial charge >= 0.3 is 6.18 Å². The molecule has 26 heavy (non-hydrogen) atoms. The van der Waals surface area contributed by atoms with E-state index in [0.29, 0.717) is 16.3 Å². The second kappa shape index (κ2) is 6.56. The Morgan fingerprint density at radius 1 is 1.31 bits per heavy atom. The predicted octanol–water partition coefficient (Wildman–Crippen LogP) is 4.06. The van der Waals surface area contributed by atoms with Crippen LogP contribution in [0.4, 0.5) is 18.9 Å². The molecule has 0 saturated heterocycles. The number of nitrogens with one attached hydrogen (secondary N) is 1. The number of benzene rings is 1. The Kier molecular flexibility index (Phi) is 4.57. The van der Waals surface area contributed by atoms with E-state index in [4.69, 9.17) is 0 Å². The topological polar surface area (TPSA) is 64.0 Å². The van der Waals surface area contributed by atoms with Gasteiger partial charge in [-0.2, -0.15) is 13.2 Å². The van der Waals surface area contributed by atoms with Gasteiger partial charge in [0.15, 0.2) is 0 Å². The van der Waals surface area contributed by atoms with Gasteiger partial charge in [0.25, 0.3) is 11.5 Å². The van der Waals surface area contributed by atoms with Crippen LogP contribution in [-0.2, 0) is 12.7 Å². The van der Waals surface area contributed by atoms with E-state index in [9.17, 15) is 22.8 Å². The van der Waals surface area contributed by atoms with Crippen molar-refractivity contribution < 1.29 is 18.0 Å². The van der Waals surface area contributed by atoms with Gasteiger partial charge in [-0.3, -0.25) is 14.2 Å². The summed E-state index contributed by atoms with van der Waals surface area (Å²) in [5.74, 6) is -0.766. The molecule has 136 valence electrons. The molecule has 0 aliphatic heterocycles. The van der Waals surface area contributed by atoms with Crippen LogP contribution in [0.15, 0.2) is 35.4 Å². The van der Waals surface area contributed by atoms with Gasteiger partial charge in [0.2, 0.25) is 0 Å². The number of carbonyl (C=O) groups excluding carboxylic acids is 1. The van der Waals surface area contributed by atoms with Crippen LogP contribution in [-0.4, -0.2) is 15.5 Å². The van der Waals surface area contributed by atoms with Crippen LogP contribution in [0.3, 0.4) is 0 Å². The van der Waals surface area contributed by atoms with Crippen molar-refractivity contribution in [2.75, 3.05) is 5.32 Å². The van der Waals surface area contributed by atoms with Gasteiger partial charge in [-0.25, -0.2) is 4.98 Å². The summed E-state index contributed by atoms with van der Waals surface area (Å²) in [6, 6.07) is 4.70. The molecule has 0 aliphatic rings. The molecule has 2 aromatic heterocycles. The van der Waals surface area contributed by atoms with E-state index in [0.717, 1.165) is 17.4 Å². The molecule has 3 rings (SSSR count). The maximum atomic E-state index is 13.1. The zero-order valence-electron chi connectivity index (χ0n) is 13.8. The number of anilines is 1. The van der Waals surface area contributed by atoms with Crippen molar-refractivity contribution in [3.05, 3.63) is 57.0 Å². The van der Waals surface area contributed by atoms with Crippen LogP contribution in [0.1, 0.15) is 27.7 Å². The summed E-state index contributed by atoms with van der Waals surface area (Å²) < 4.78 is 40.7. The first-order valence-electron chi connectivity index (χ1n) is 7.70. The van der Waals surface area contributed by atoms with E-state index in [1.807, 2.05) is 0 Å². The minimum atomic E-state index is -4.61. The number of aromatic nitrogens is 2. The van der Waals surface area contributed by atoms with Crippen LogP contribution >= 0.6 is 11.3 Å². The Hall–Kier alpha value is -2.68. The lowest BCUT2D eigenvalue weighted by molar-refractivity contribution is -0.136. The zero-order chi connectivity index (χ0) is 19.1. The number of thiophene rings is 1. The highest BCUT2D eigenvalue weighted by Gasteiger charge is 2.34. The van der Waals surface area contributed by atoms with E-state index in [-0.39, 0.29) is 16.6 Å². The van der Waals surface area contributed by atoms with Gasteiger partial charge in [-0.15, -0.1) is 11.3 Å². The number of carbonyl (C=O) groups is 1. The van der Waals surface area contributed by atoms with E-state index in [1.165, 1.54) is 29.1 Å². The summed E-state index contributed by atoms with van der Waals surface area (Å²) in [6.07, 6.45) is -3.21. The van der Waals surface area contributed by atoms with Crippen molar-refractivity contribution in [2.24, 2.45) is 0 Å². The molecule has 9 heteroatoms. The summed E-state index contributed by atoms with van der Waals surface area (Å²) in [4.78, 5) is 30.3. The molecule has 0 fully saturated rings. The number of aryl methyl sites for hydroxylation is 2. The van der Waals surface area contributed by atoms with Crippen molar-refractivity contribution in [3.63, 3.8) is 0 Å². The summed E-state index contributed by atoms with van der Waals surface area (Å²) in [7, 11) is 0. The first-order valence-corrected chi connectivity index (χ1v) is 8.51. The third-order valence-corrected chi connectivity index (χ3v) is 4.92. The zero-order valence-corrected chi connectivity index (χ0v) is 14.7. The van der Waals surface area contributed by atoms with Gasteiger partial charge < -0.3 is 5.32 Å². The minimum Gasteiger partial charge on any atom is -0.321 e. The van der Waals surface area contributed by atoms with Gasteiger partial charge in [-0.1, -0.05) is 12.1 Å². The lowest BCUT2D eigenvalue weighted by Crippen LogP contribution is -2.23. The molecule has 1 aromatic carbocycles. The molecule has 0 atom stereocenters. The lowest BCUT2D eigenvalue weighted by atomic mass is 10.1.